The van der Waals surface area contributed by atoms with E-state index in [1.807, 2.05) is 32.0 Å². The summed E-state index contributed by atoms with van der Waals surface area (Å²) in [7, 11) is 1.57. The number of benzene rings is 2. The van der Waals surface area contributed by atoms with Crippen LogP contribution in [-0.2, 0) is 0 Å². The molecule has 4 heteroatoms. The summed E-state index contributed by atoms with van der Waals surface area (Å²) < 4.78 is 5.18. The second-order valence-electron chi connectivity index (χ2n) is 5.37. The number of rotatable bonds is 5. The first-order chi connectivity index (χ1) is 11.1. The highest BCUT2D eigenvalue weighted by Crippen LogP contribution is 2.22. The molecule has 0 unspecified atom stereocenters. The molecule has 118 valence electrons. The molecule has 23 heavy (non-hydrogen) atoms. The number of aryl methyl sites for hydroxylation is 2. The third-order valence-corrected chi connectivity index (χ3v) is 3.81. The molecule has 0 N–H and O–H groups in total. The van der Waals surface area contributed by atoms with Crippen molar-refractivity contribution in [3.63, 3.8) is 0 Å². The van der Waals surface area contributed by atoms with Crippen molar-refractivity contribution in [2.75, 3.05) is 18.6 Å². The quantitative estimate of drug-likeness (QED) is 0.842. The van der Waals surface area contributed by atoms with Gasteiger partial charge in [-0.25, -0.2) is 0 Å². The van der Waals surface area contributed by atoms with Crippen molar-refractivity contribution in [3.8, 4) is 11.8 Å². The molecular formula is C19H20N2O2. The van der Waals surface area contributed by atoms with E-state index in [9.17, 15) is 4.79 Å². The van der Waals surface area contributed by atoms with Crippen molar-refractivity contribution in [1.82, 2.24) is 0 Å². The fraction of sp³-hybridized carbons (Fsp3) is 0.263. The van der Waals surface area contributed by atoms with Gasteiger partial charge in [0.1, 0.15) is 5.75 Å². The summed E-state index contributed by atoms with van der Waals surface area (Å²) in [5.41, 5.74) is 3.63. The topological polar surface area (TPSA) is 53.3 Å². The SMILES string of the molecule is COc1cccc(C(=O)N(CCC#N)c2ccc(C)c(C)c2)c1. The molecule has 2 rings (SSSR count). The second kappa shape index (κ2) is 7.46. The molecule has 0 aliphatic rings. The van der Waals surface area contributed by atoms with Crippen LogP contribution in [0.1, 0.15) is 27.9 Å². The molecule has 0 aromatic heterocycles. The number of nitriles is 1. The van der Waals surface area contributed by atoms with Gasteiger partial charge in [0.05, 0.1) is 19.6 Å². The van der Waals surface area contributed by atoms with Gasteiger partial charge in [-0.1, -0.05) is 12.1 Å². The summed E-state index contributed by atoms with van der Waals surface area (Å²) in [6.07, 6.45) is 0.280. The van der Waals surface area contributed by atoms with Crippen molar-refractivity contribution in [2.24, 2.45) is 0 Å². The van der Waals surface area contributed by atoms with E-state index in [1.165, 1.54) is 5.56 Å². The number of anilines is 1. The van der Waals surface area contributed by atoms with Gasteiger partial charge in [0.2, 0.25) is 0 Å². The predicted octanol–water partition coefficient (Wildman–Crippen LogP) is 3.87. The standard InChI is InChI=1S/C19H20N2O2/c1-14-8-9-17(12-15(14)2)21(11-5-10-20)19(22)16-6-4-7-18(13-16)23-3/h4,6-9,12-13H,5,11H2,1-3H3. The Morgan fingerprint density at radius 1 is 1.17 bits per heavy atom. The van der Waals surface area contributed by atoms with E-state index in [1.54, 1.807) is 36.3 Å². The monoisotopic (exact) mass is 308 g/mol. The van der Waals surface area contributed by atoms with Gasteiger partial charge in [0.25, 0.3) is 5.91 Å². The Kier molecular flexibility index (Phi) is 5.37. The fourth-order valence-corrected chi connectivity index (χ4v) is 2.32. The van der Waals surface area contributed by atoms with E-state index in [4.69, 9.17) is 10.00 Å². The summed E-state index contributed by atoms with van der Waals surface area (Å²) in [6.45, 7) is 4.40. The molecule has 0 spiro atoms. The molecule has 0 atom stereocenters. The average molecular weight is 308 g/mol. The maximum absolute atomic E-state index is 12.9. The second-order valence-corrected chi connectivity index (χ2v) is 5.37. The first kappa shape index (κ1) is 16.6. The van der Waals surface area contributed by atoms with Crippen LogP contribution in [0.15, 0.2) is 42.5 Å². The van der Waals surface area contributed by atoms with Crippen LogP contribution in [0.25, 0.3) is 0 Å². The summed E-state index contributed by atoms with van der Waals surface area (Å²) in [6, 6.07) is 15.0. The van der Waals surface area contributed by atoms with E-state index >= 15 is 0 Å². The zero-order valence-corrected chi connectivity index (χ0v) is 13.7. The number of methoxy groups -OCH3 is 1. The van der Waals surface area contributed by atoms with Crippen molar-refractivity contribution >= 4 is 11.6 Å². The first-order valence-corrected chi connectivity index (χ1v) is 7.47. The average Bonchev–Trinajstić information content (AvgIpc) is 2.58. The number of hydrogen-bond donors (Lipinski definition) is 0. The molecule has 0 heterocycles. The Morgan fingerprint density at radius 2 is 1.96 bits per heavy atom. The minimum Gasteiger partial charge on any atom is -0.497 e. The van der Waals surface area contributed by atoms with Crippen LogP contribution in [-0.4, -0.2) is 19.6 Å². The Hall–Kier alpha value is -2.80. The highest BCUT2D eigenvalue weighted by Gasteiger charge is 2.18. The normalized spacial score (nSPS) is 10.0. The highest BCUT2D eigenvalue weighted by atomic mass is 16.5. The minimum absolute atomic E-state index is 0.137. The van der Waals surface area contributed by atoms with Crippen LogP contribution in [0.4, 0.5) is 5.69 Å². The van der Waals surface area contributed by atoms with Gasteiger partial charge in [0.15, 0.2) is 0 Å². The number of amides is 1. The molecule has 0 bridgehead atoms. The summed E-state index contributed by atoms with van der Waals surface area (Å²) in [5, 5.41) is 8.89. The molecule has 0 saturated heterocycles. The Balaban J connectivity index is 2.38. The van der Waals surface area contributed by atoms with Crippen molar-refractivity contribution < 1.29 is 9.53 Å². The van der Waals surface area contributed by atoms with Gasteiger partial charge in [-0.3, -0.25) is 4.79 Å². The van der Waals surface area contributed by atoms with E-state index in [-0.39, 0.29) is 12.3 Å². The van der Waals surface area contributed by atoms with E-state index < -0.39 is 0 Å². The van der Waals surface area contributed by atoms with Crippen LogP contribution in [0.3, 0.4) is 0 Å². The maximum Gasteiger partial charge on any atom is 0.258 e. The predicted molar refractivity (Wildman–Crippen MR) is 90.8 cm³/mol. The van der Waals surface area contributed by atoms with Crippen molar-refractivity contribution in [2.45, 2.75) is 20.3 Å². The summed E-state index contributed by atoms with van der Waals surface area (Å²) >= 11 is 0. The van der Waals surface area contributed by atoms with Gasteiger partial charge < -0.3 is 9.64 Å². The lowest BCUT2D eigenvalue weighted by molar-refractivity contribution is 0.0987. The Morgan fingerprint density at radius 3 is 2.61 bits per heavy atom. The zero-order valence-electron chi connectivity index (χ0n) is 13.7. The lowest BCUT2D eigenvalue weighted by Gasteiger charge is -2.23. The number of carbonyl (C=O) groups is 1. The fourth-order valence-electron chi connectivity index (χ4n) is 2.32. The van der Waals surface area contributed by atoms with Crippen LogP contribution in [0.2, 0.25) is 0 Å². The van der Waals surface area contributed by atoms with Gasteiger partial charge in [0, 0.05) is 17.8 Å². The van der Waals surface area contributed by atoms with Crippen LogP contribution >= 0.6 is 0 Å². The molecule has 1 amide bonds. The lowest BCUT2D eigenvalue weighted by Crippen LogP contribution is -2.31. The van der Waals surface area contributed by atoms with E-state index in [0.29, 0.717) is 17.9 Å². The van der Waals surface area contributed by atoms with Gasteiger partial charge >= 0.3 is 0 Å². The van der Waals surface area contributed by atoms with E-state index in [0.717, 1.165) is 11.3 Å². The number of carbonyl (C=O) groups excluding carboxylic acids is 1. The van der Waals surface area contributed by atoms with Gasteiger partial charge in [-0.05, 0) is 55.3 Å². The number of nitrogens with zero attached hydrogens (tertiary/aromatic N) is 2. The van der Waals surface area contributed by atoms with Crippen LogP contribution in [0, 0.1) is 25.2 Å². The first-order valence-electron chi connectivity index (χ1n) is 7.47. The summed E-state index contributed by atoms with van der Waals surface area (Å²) in [4.78, 5) is 14.5. The molecule has 2 aromatic rings. The Bertz CT molecular complexity index is 747. The molecule has 0 aliphatic carbocycles. The Labute approximate surface area is 136 Å². The summed E-state index contributed by atoms with van der Waals surface area (Å²) in [5.74, 6) is 0.499. The van der Waals surface area contributed by atoms with Crippen molar-refractivity contribution in [3.05, 3.63) is 59.2 Å². The van der Waals surface area contributed by atoms with E-state index in [2.05, 4.69) is 6.07 Å². The molecule has 0 saturated carbocycles. The number of hydrogen-bond acceptors (Lipinski definition) is 3. The van der Waals surface area contributed by atoms with Crippen molar-refractivity contribution in [1.29, 1.82) is 5.26 Å². The van der Waals surface area contributed by atoms with Gasteiger partial charge in [-0.2, -0.15) is 5.26 Å². The molecule has 0 radical (unpaired) electrons. The zero-order chi connectivity index (χ0) is 16.8. The van der Waals surface area contributed by atoms with Gasteiger partial charge in [-0.15, -0.1) is 0 Å². The molecular weight excluding hydrogens is 288 g/mol. The molecule has 2 aromatic carbocycles. The highest BCUT2D eigenvalue weighted by molar-refractivity contribution is 6.06. The molecule has 4 nitrogen and oxygen atoms in total. The maximum atomic E-state index is 12.9. The third kappa shape index (κ3) is 3.89. The van der Waals surface area contributed by atoms with Crippen LogP contribution < -0.4 is 9.64 Å². The van der Waals surface area contributed by atoms with Crippen LogP contribution in [0.5, 0.6) is 5.75 Å². The smallest absolute Gasteiger partial charge is 0.258 e. The minimum atomic E-state index is -0.137. The third-order valence-electron chi connectivity index (χ3n) is 3.81. The number of ether oxygens (including phenoxy) is 1. The molecule has 0 fully saturated rings. The molecule has 0 aliphatic heterocycles. The lowest BCUT2D eigenvalue weighted by atomic mass is 10.1. The largest absolute Gasteiger partial charge is 0.497 e.